The van der Waals surface area contributed by atoms with Gasteiger partial charge in [-0.15, -0.1) is 5.10 Å². The Morgan fingerprint density at radius 2 is 2.22 bits per heavy atom. The molecule has 1 saturated heterocycles. The van der Waals surface area contributed by atoms with E-state index in [1.807, 2.05) is 36.1 Å². The summed E-state index contributed by atoms with van der Waals surface area (Å²) in [5.74, 6) is 2.30. The van der Waals surface area contributed by atoms with Crippen molar-refractivity contribution in [3.05, 3.63) is 36.0 Å². The highest BCUT2D eigenvalue weighted by atomic mass is 32.2. The number of sulfone groups is 1. The average molecular weight is 391 g/mol. The molecular weight excluding hydrogens is 366 g/mol. The largest absolute Gasteiger partial charge is 0.497 e. The maximum Gasteiger partial charge on any atom is 0.247 e. The van der Waals surface area contributed by atoms with E-state index in [-0.39, 0.29) is 17.5 Å². The van der Waals surface area contributed by atoms with Crippen LogP contribution in [0.5, 0.6) is 5.75 Å². The number of methoxy groups -OCH3 is 1. The summed E-state index contributed by atoms with van der Waals surface area (Å²) in [6.07, 6.45) is 3.00. The van der Waals surface area contributed by atoms with Crippen molar-refractivity contribution in [2.24, 2.45) is 0 Å². The van der Waals surface area contributed by atoms with Crippen molar-refractivity contribution in [1.29, 1.82) is 0 Å². The number of rotatable bonds is 8. The minimum Gasteiger partial charge on any atom is -0.497 e. The summed E-state index contributed by atoms with van der Waals surface area (Å²) >= 11 is 0. The molecule has 2 heterocycles. The quantitative estimate of drug-likeness (QED) is 0.724. The number of hydrogen-bond donors (Lipinski definition) is 1. The molecule has 0 radical (unpaired) electrons. The van der Waals surface area contributed by atoms with Crippen LogP contribution in [-0.2, 0) is 16.3 Å². The van der Waals surface area contributed by atoms with Crippen LogP contribution < -0.4 is 15.0 Å². The molecule has 0 bridgehead atoms. The van der Waals surface area contributed by atoms with E-state index in [4.69, 9.17) is 4.74 Å². The van der Waals surface area contributed by atoms with Gasteiger partial charge in [-0.25, -0.2) is 8.42 Å². The van der Waals surface area contributed by atoms with Crippen molar-refractivity contribution in [3.63, 3.8) is 0 Å². The predicted octanol–water partition coefficient (Wildman–Crippen LogP) is 1.55. The Labute approximate surface area is 159 Å². The molecule has 146 valence electrons. The van der Waals surface area contributed by atoms with Gasteiger partial charge in [0.05, 0.1) is 24.8 Å². The third kappa shape index (κ3) is 5.06. The van der Waals surface area contributed by atoms with Crippen LogP contribution >= 0.6 is 0 Å². The van der Waals surface area contributed by atoms with Crippen LogP contribution in [-0.4, -0.2) is 61.3 Å². The summed E-state index contributed by atoms with van der Waals surface area (Å²) in [4.78, 5) is 6.44. The fraction of sp³-hybridized carbons (Fsp3) is 0.500. The van der Waals surface area contributed by atoms with Crippen LogP contribution in [0.1, 0.15) is 18.9 Å². The van der Waals surface area contributed by atoms with E-state index in [1.54, 1.807) is 13.3 Å². The molecule has 0 aliphatic carbocycles. The summed E-state index contributed by atoms with van der Waals surface area (Å²) in [7, 11) is -1.31. The van der Waals surface area contributed by atoms with Crippen molar-refractivity contribution in [1.82, 2.24) is 15.2 Å². The Morgan fingerprint density at radius 1 is 1.37 bits per heavy atom. The number of anilines is 2. The summed E-state index contributed by atoms with van der Waals surface area (Å²) in [5, 5.41) is 11.4. The average Bonchev–Trinajstić information content (AvgIpc) is 3.02. The van der Waals surface area contributed by atoms with E-state index in [9.17, 15) is 8.42 Å². The van der Waals surface area contributed by atoms with Gasteiger partial charge in [-0.1, -0.05) is 12.1 Å². The van der Waals surface area contributed by atoms with Crippen LogP contribution in [0, 0.1) is 0 Å². The van der Waals surface area contributed by atoms with E-state index in [0.717, 1.165) is 17.7 Å². The molecule has 0 saturated carbocycles. The fourth-order valence-electron chi connectivity index (χ4n) is 3.25. The van der Waals surface area contributed by atoms with Gasteiger partial charge in [0, 0.05) is 19.1 Å². The van der Waals surface area contributed by atoms with Gasteiger partial charge in [-0.2, -0.15) is 10.1 Å². The number of nitrogens with zero attached hydrogens (tertiary/aromatic N) is 4. The van der Waals surface area contributed by atoms with Gasteiger partial charge in [-0.3, -0.25) is 0 Å². The zero-order chi connectivity index (χ0) is 19.3. The van der Waals surface area contributed by atoms with E-state index >= 15 is 0 Å². The first-order chi connectivity index (χ1) is 13.0. The highest BCUT2D eigenvalue weighted by molar-refractivity contribution is 7.91. The van der Waals surface area contributed by atoms with Crippen molar-refractivity contribution in [2.45, 2.75) is 25.8 Å². The highest BCUT2D eigenvalue weighted by Gasteiger charge is 2.33. The Morgan fingerprint density at radius 3 is 2.93 bits per heavy atom. The third-order valence-electron chi connectivity index (χ3n) is 4.65. The highest BCUT2D eigenvalue weighted by Crippen LogP contribution is 2.22. The molecule has 2 aromatic rings. The molecule has 1 aliphatic rings. The van der Waals surface area contributed by atoms with Gasteiger partial charge < -0.3 is 15.0 Å². The lowest BCUT2D eigenvalue weighted by molar-refractivity contribution is 0.414. The Hall–Kier alpha value is -2.42. The first kappa shape index (κ1) is 19.3. The zero-order valence-corrected chi connectivity index (χ0v) is 16.4. The molecule has 1 atom stereocenters. The second kappa shape index (κ2) is 8.51. The number of hydrogen-bond acceptors (Lipinski definition) is 8. The predicted molar refractivity (Wildman–Crippen MR) is 105 cm³/mol. The standard InChI is InChI=1S/C18H25N5O3S/c1-3-23(15-8-10-27(24,25)13-15)18-21-17(12-20-22-18)19-9-7-14-5-4-6-16(11-14)26-2/h4-6,11-12,15H,3,7-10,13H2,1-2H3,(H,19,21,22). The van der Waals surface area contributed by atoms with Crippen LogP contribution in [0.15, 0.2) is 30.5 Å². The zero-order valence-electron chi connectivity index (χ0n) is 15.6. The number of aromatic nitrogens is 3. The Kier molecular flexibility index (Phi) is 6.10. The van der Waals surface area contributed by atoms with Gasteiger partial charge in [0.1, 0.15) is 5.75 Å². The van der Waals surface area contributed by atoms with Gasteiger partial charge in [0.15, 0.2) is 15.7 Å². The second-order valence-corrected chi connectivity index (χ2v) is 8.74. The lowest BCUT2D eigenvalue weighted by Gasteiger charge is -2.26. The summed E-state index contributed by atoms with van der Waals surface area (Å²) in [6.45, 7) is 3.29. The lowest BCUT2D eigenvalue weighted by atomic mass is 10.1. The van der Waals surface area contributed by atoms with E-state index in [0.29, 0.717) is 31.3 Å². The SMILES string of the molecule is CCN(c1nncc(NCCc2cccc(OC)c2)n1)C1CCS(=O)(=O)C1. The van der Waals surface area contributed by atoms with Crippen molar-refractivity contribution < 1.29 is 13.2 Å². The molecular formula is C18H25N5O3S. The van der Waals surface area contributed by atoms with Crippen LogP contribution in [0.25, 0.3) is 0 Å². The molecule has 1 N–H and O–H groups in total. The lowest BCUT2D eigenvalue weighted by Crippen LogP contribution is -2.37. The van der Waals surface area contributed by atoms with Crippen LogP contribution in [0.3, 0.4) is 0 Å². The summed E-state index contributed by atoms with van der Waals surface area (Å²) in [6, 6.07) is 7.85. The third-order valence-corrected chi connectivity index (χ3v) is 6.40. The first-order valence-electron chi connectivity index (χ1n) is 9.04. The number of benzene rings is 1. The molecule has 8 nitrogen and oxygen atoms in total. The Bertz CT molecular complexity index is 875. The molecule has 1 unspecified atom stereocenters. The molecule has 0 amide bonds. The molecule has 0 spiro atoms. The molecule has 3 rings (SSSR count). The van der Waals surface area contributed by atoms with Crippen LogP contribution in [0.4, 0.5) is 11.8 Å². The van der Waals surface area contributed by atoms with Gasteiger partial charge in [0.25, 0.3) is 0 Å². The van der Waals surface area contributed by atoms with E-state index < -0.39 is 9.84 Å². The smallest absolute Gasteiger partial charge is 0.247 e. The summed E-state index contributed by atoms with van der Waals surface area (Å²) < 4.78 is 28.8. The first-order valence-corrected chi connectivity index (χ1v) is 10.9. The van der Waals surface area contributed by atoms with Crippen molar-refractivity contribution >= 4 is 21.6 Å². The van der Waals surface area contributed by atoms with E-state index in [1.165, 1.54) is 0 Å². The van der Waals surface area contributed by atoms with Crippen molar-refractivity contribution in [3.8, 4) is 5.75 Å². The minimum atomic E-state index is -2.96. The fourth-order valence-corrected chi connectivity index (χ4v) is 4.98. The normalized spacial score (nSPS) is 18.2. The maximum atomic E-state index is 11.8. The molecule has 1 aromatic heterocycles. The molecule has 1 aromatic carbocycles. The number of ether oxygens (including phenoxy) is 1. The summed E-state index contributed by atoms with van der Waals surface area (Å²) in [5.41, 5.74) is 1.16. The Balaban J connectivity index is 1.62. The van der Waals surface area contributed by atoms with Crippen molar-refractivity contribution in [2.75, 3.05) is 41.9 Å². The monoisotopic (exact) mass is 391 g/mol. The topological polar surface area (TPSA) is 97.3 Å². The maximum absolute atomic E-state index is 11.8. The minimum absolute atomic E-state index is 0.0890. The van der Waals surface area contributed by atoms with Gasteiger partial charge in [0.2, 0.25) is 5.95 Å². The van der Waals surface area contributed by atoms with Crippen LogP contribution in [0.2, 0.25) is 0 Å². The van der Waals surface area contributed by atoms with Gasteiger partial charge >= 0.3 is 0 Å². The number of nitrogens with one attached hydrogen (secondary N) is 1. The van der Waals surface area contributed by atoms with E-state index in [2.05, 4.69) is 20.5 Å². The molecule has 27 heavy (non-hydrogen) atoms. The van der Waals surface area contributed by atoms with Gasteiger partial charge in [-0.05, 0) is 37.5 Å². The molecule has 9 heteroatoms. The molecule has 1 fully saturated rings. The second-order valence-electron chi connectivity index (χ2n) is 6.51. The molecule has 1 aliphatic heterocycles.